The van der Waals surface area contributed by atoms with Crippen LogP contribution in [0.5, 0.6) is 0 Å². The highest BCUT2D eigenvalue weighted by atomic mass is 127. The third-order valence-electron chi connectivity index (χ3n) is 3.48. The molecular weight excluding hydrogens is 425 g/mol. The molecule has 1 aromatic heterocycles. The Bertz CT molecular complexity index is 625. The third-order valence-corrected chi connectivity index (χ3v) is 4.42. The summed E-state index contributed by atoms with van der Waals surface area (Å²) in [7, 11) is 0. The highest BCUT2D eigenvalue weighted by molar-refractivity contribution is 14.0. The maximum Gasteiger partial charge on any atom is 0.191 e. The molecule has 2 N–H and O–H groups in total. The van der Waals surface area contributed by atoms with Crippen LogP contribution in [-0.2, 0) is 6.42 Å². The van der Waals surface area contributed by atoms with Crippen molar-refractivity contribution in [2.75, 3.05) is 31.1 Å². The molecule has 0 amide bonds. The molecule has 1 fully saturated rings. The van der Waals surface area contributed by atoms with Crippen molar-refractivity contribution in [1.82, 2.24) is 25.1 Å². The zero-order chi connectivity index (χ0) is 15.2. The predicted molar refractivity (Wildman–Crippen MR) is 104 cm³/mol. The summed E-state index contributed by atoms with van der Waals surface area (Å²) in [6, 6.07) is 9.85. The van der Waals surface area contributed by atoms with Crippen LogP contribution in [0.2, 0.25) is 0 Å². The number of guanidine groups is 1. The molecule has 1 saturated heterocycles. The van der Waals surface area contributed by atoms with E-state index < -0.39 is 0 Å². The standard InChI is InChI=1S/C14H19N7S.HI/c15-14(20-8-10-22-11-9-20)16-7-6-13-17-18-19-21(13)12-4-2-1-3-5-12;/h1-5H,6-11H2,(H2,15,16);1H. The van der Waals surface area contributed by atoms with Gasteiger partial charge in [0.1, 0.15) is 0 Å². The Hall–Kier alpha value is -1.36. The molecule has 3 rings (SSSR count). The Balaban J connectivity index is 0.00000192. The molecule has 0 unspecified atom stereocenters. The van der Waals surface area contributed by atoms with E-state index in [1.165, 1.54) is 0 Å². The lowest BCUT2D eigenvalue weighted by molar-refractivity contribution is 0.456. The van der Waals surface area contributed by atoms with Crippen molar-refractivity contribution in [1.29, 1.82) is 0 Å². The van der Waals surface area contributed by atoms with Crippen molar-refractivity contribution < 1.29 is 0 Å². The SMILES string of the molecule is I.NC(=NCCc1nnnn1-c1ccccc1)N1CCSCC1. The minimum atomic E-state index is 0. The van der Waals surface area contributed by atoms with E-state index in [1.807, 2.05) is 42.1 Å². The molecule has 7 nitrogen and oxygen atoms in total. The molecule has 2 heterocycles. The second-order valence-electron chi connectivity index (χ2n) is 4.93. The number of rotatable bonds is 4. The molecule has 1 aliphatic rings. The number of nitrogens with two attached hydrogens (primary N) is 1. The molecule has 0 spiro atoms. The Morgan fingerprint density at radius 3 is 2.70 bits per heavy atom. The van der Waals surface area contributed by atoms with E-state index in [1.54, 1.807) is 4.68 Å². The quantitative estimate of drug-likeness (QED) is 0.433. The lowest BCUT2D eigenvalue weighted by Crippen LogP contribution is -2.42. The van der Waals surface area contributed by atoms with E-state index in [9.17, 15) is 0 Å². The Morgan fingerprint density at radius 1 is 1.22 bits per heavy atom. The maximum absolute atomic E-state index is 6.05. The lowest BCUT2D eigenvalue weighted by Gasteiger charge is -2.27. The van der Waals surface area contributed by atoms with Gasteiger partial charge in [-0.15, -0.1) is 29.1 Å². The number of nitrogens with zero attached hydrogens (tertiary/aromatic N) is 6. The van der Waals surface area contributed by atoms with E-state index >= 15 is 0 Å². The predicted octanol–water partition coefficient (Wildman–Crippen LogP) is 1.19. The summed E-state index contributed by atoms with van der Waals surface area (Å²) in [4.78, 5) is 6.60. The molecule has 0 aliphatic carbocycles. The van der Waals surface area contributed by atoms with Gasteiger partial charge in [-0.2, -0.15) is 16.4 Å². The number of aromatic nitrogens is 4. The summed E-state index contributed by atoms with van der Waals surface area (Å²) in [5.74, 6) is 3.64. The average Bonchev–Trinajstić information content (AvgIpc) is 3.05. The molecule has 0 saturated carbocycles. The monoisotopic (exact) mass is 445 g/mol. The van der Waals surface area contributed by atoms with E-state index in [2.05, 4.69) is 25.4 Å². The van der Waals surface area contributed by atoms with Gasteiger partial charge in [0, 0.05) is 37.6 Å². The van der Waals surface area contributed by atoms with Gasteiger partial charge in [-0.1, -0.05) is 18.2 Å². The molecule has 23 heavy (non-hydrogen) atoms. The van der Waals surface area contributed by atoms with Gasteiger partial charge >= 0.3 is 0 Å². The van der Waals surface area contributed by atoms with Crippen molar-refractivity contribution in [3.8, 4) is 5.69 Å². The van der Waals surface area contributed by atoms with Crippen LogP contribution in [0.1, 0.15) is 5.82 Å². The molecule has 0 bridgehead atoms. The second-order valence-corrected chi connectivity index (χ2v) is 6.16. The number of hydrogen-bond donors (Lipinski definition) is 1. The topological polar surface area (TPSA) is 85.2 Å². The van der Waals surface area contributed by atoms with Crippen molar-refractivity contribution in [2.24, 2.45) is 10.7 Å². The van der Waals surface area contributed by atoms with Gasteiger partial charge in [0.25, 0.3) is 0 Å². The number of halogens is 1. The summed E-state index contributed by atoms with van der Waals surface area (Å²) in [6.07, 6.45) is 0.658. The Morgan fingerprint density at radius 2 is 1.96 bits per heavy atom. The van der Waals surface area contributed by atoms with E-state index in [0.717, 1.165) is 36.1 Å². The van der Waals surface area contributed by atoms with Gasteiger partial charge in [-0.3, -0.25) is 4.99 Å². The minimum Gasteiger partial charge on any atom is -0.370 e. The van der Waals surface area contributed by atoms with Gasteiger partial charge in [-0.25, -0.2) is 0 Å². The largest absolute Gasteiger partial charge is 0.370 e. The molecular formula is C14H20IN7S. The average molecular weight is 445 g/mol. The molecule has 0 radical (unpaired) electrons. The fraction of sp³-hybridized carbons (Fsp3) is 0.429. The normalized spacial score (nSPS) is 15.3. The van der Waals surface area contributed by atoms with Gasteiger partial charge in [0.15, 0.2) is 11.8 Å². The summed E-state index contributed by atoms with van der Waals surface area (Å²) in [6.45, 7) is 2.53. The van der Waals surface area contributed by atoms with Gasteiger partial charge in [-0.05, 0) is 22.6 Å². The van der Waals surface area contributed by atoms with Crippen molar-refractivity contribution in [3.05, 3.63) is 36.2 Å². The molecule has 1 aromatic carbocycles. The van der Waals surface area contributed by atoms with Crippen LogP contribution >= 0.6 is 35.7 Å². The van der Waals surface area contributed by atoms with Crippen LogP contribution in [0.3, 0.4) is 0 Å². The summed E-state index contributed by atoms with van der Waals surface area (Å²) >= 11 is 1.96. The van der Waals surface area contributed by atoms with E-state index in [-0.39, 0.29) is 24.0 Å². The van der Waals surface area contributed by atoms with Crippen LogP contribution in [0, 0.1) is 0 Å². The zero-order valence-corrected chi connectivity index (χ0v) is 15.9. The Kier molecular flexibility index (Phi) is 7.09. The zero-order valence-electron chi connectivity index (χ0n) is 12.7. The number of aliphatic imine (C=N–C) groups is 1. The minimum absolute atomic E-state index is 0. The molecule has 0 atom stereocenters. The third kappa shape index (κ3) is 4.80. The van der Waals surface area contributed by atoms with Crippen molar-refractivity contribution in [2.45, 2.75) is 6.42 Å². The molecule has 9 heteroatoms. The van der Waals surface area contributed by atoms with Crippen LogP contribution < -0.4 is 5.73 Å². The first-order valence-electron chi connectivity index (χ1n) is 7.30. The first-order chi connectivity index (χ1) is 10.8. The smallest absolute Gasteiger partial charge is 0.191 e. The number of para-hydroxylation sites is 1. The fourth-order valence-corrected chi connectivity index (χ4v) is 3.20. The van der Waals surface area contributed by atoms with Crippen LogP contribution in [0.25, 0.3) is 5.69 Å². The van der Waals surface area contributed by atoms with Gasteiger partial charge in [0.2, 0.25) is 0 Å². The Labute approximate surface area is 156 Å². The van der Waals surface area contributed by atoms with Gasteiger partial charge in [0.05, 0.1) is 5.69 Å². The van der Waals surface area contributed by atoms with E-state index in [0.29, 0.717) is 18.9 Å². The van der Waals surface area contributed by atoms with Crippen LogP contribution in [0.15, 0.2) is 35.3 Å². The number of tetrazole rings is 1. The molecule has 2 aromatic rings. The number of thioether (sulfide) groups is 1. The summed E-state index contributed by atoms with van der Waals surface area (Å²) < 4.78 is 1.74. The first-order valence-corrected chi connectivity index (χ1v) is 8.45. The second kappa shape index (κ2) is 9.06. The van der Waals surface area contributed by atoms with Gasteiger partial charge < -0.3 is 10.6 Å². The summed E-state index contributed by atoms with van der Waals surface area (Å²) in [5.41, 5.74) is 7.00. The highest BCUT2D eigenvalue weighted by Gasteiger charge is 2.12. The maximum atomic E-state index is 6.05. The summed E-state index contributed by atoms with van der Waals surface area (Å²) in [5, 5.41) is 11.9. The molecule has 1 aliphatic heterocycles. The number of benzene rings is 1. The van der Waals surface area contributed by atoms with Crippen molar-refractivity contribution >= 4 is 41.7 Å². The van der Waals surface area contributed by atoms with Crippen LogP contribution in [-0.4, -0.2) is 62.2 Å². The first kappa shape index (κ1) is 18.0. The number of hydrogen-bond acceptors (Lipinski definition) is 5. The highest BCUT2D eigenvalue weighted by Crippen LogP contribution is 2.09. The lowest BCUT2D eigenvalue weighted by atomic mass is 10.3. The molecule has 124 valence electrons. The van der Waals surface area contributed by atoms with Crippen molar-refractivity contribution in [3.63, 3.8) is 0 Å². The van der Waals surface area contributed by atoms with Crippen LogP contribution in [0.4, 0.5) is 0 Å². The fourth-order valence-electron chi connectivity index (χ4n) is 2.29. The van der Waals surface area contributed by atoms with E-state index in [4.69, 9.17) is 5.73 Å².